The summed E-state index contributed by atoms with van der Waals surface area (Å²) in [6.45, 7) is 6.44. The minimum Gasteiger partial charge on any atom is -0.494 e. The zero-order valence-electron chi connectivity index (χ0n) is 19.8. The van der Waals surface area contributed by atoms with Crippen LogP contribution in [-0.4, -0.2) is 38.7 Å². The number of nitrogens with one attached hydrogen (secondary N) is 2. The summed E-state index contributed by atoms with van der Waals surface area (Å²) < 4.78 is 5.59. The Balaban J connectivity index is 1.56. The Hall–Kier alpha value is -3.91. The van der Waals surface area contributed by atoms with E-state index in [0.29, 0.717) is 24.7 Å². The van der Waals surface area contributed by atoms with Gasteiger partial charge in [0.15, 0.2) is 0 Å². The van der Waals surface area contributed by atoms with E-state index in [9.17, 15) is 9.90 Å². The molecule has 35 heavy (non-hydrogen) atoms. The summed E-state index contributed by atoms with van der Waals surface area (Å²) in [5.74, 6) is 1.00. The number of fused-ring (bicyclic) bond motifs is 2. The van der Waals surface area contributed by atoms with Gasteiger partial charge in [-0.1, -0.05) is 30.3 Å². The Labute approximate surface area is 206 Å². The predicted octanol–water partition coefficient (Wildman–Crippen LogP) is 5.96. The number of carbonyl (C=O) groups is 1. The van der Waals surface area contributed by atoms with Crippen LogP contribution in [0.5, 0.6) is 5.75 Å². The van der Waals surface area contributed by atoms with Crippen LogP contribution in [0, 0.1) is 13.8 Å². The Morgan fingerprint density at radius 3 is 2.66 bits per heavy atom. The van der Waals surface area contributed by atoms with Crippen molar-refractivity contribution in [3.05, 3.63) is 71.0 Å². The zero-order valence-corrected chi connectivity index (χ0v) is 20.6. The number of H-pyrrole nitrogens is 1. The van der Waals surface area contributed by atoms with Crippen LogP contribution in [0.2, 0.25) is 0 Å². The molecule has 5 rings (SSSR count). The maximum absolute atomic E-state index is 12.3. The Morgan fingerprint density at radius 1 is 1.14 bits per heavy atom. The highest BCUT2D eigenvalue weighted by atomic mass is 32.1. The van der Waals surface area contributed by atoms with Crippen LogP contribution < -0.4 is 10.1 Å². The van der Waals surface area contributed by atoms with Gasteiger partial charge < -0.3 is 20.1 Å². The molecule has 3 aromatic heterocycles. The van der Waals surface area contributed by atoms with E-state index in [-0.39, 0.29) is 0 Å². The molecular formula is C27H26N4O3S. The molecule has 2 aromatic carbocycles. The summed E-state index contributed by atoms with van der Waals surface area (Å²) in [6.07, 6.45) is 2.19. The first kappa shape index (κ1) is 22.9. The van der Waals surface area contributed by atoms with E-state index in [4.69, 9.17) is 4.74 Å². The third kappa shape index (κ3) is 4.44. The second-order valence-corrected chi connectivity index (χ2v) is 9.59. The fraction of sp³-hybridized carbons (Fsp3) is 0.222. The van der Waals surface area contributed by atoms with Crippen LogP contribution in [0.4, 0.5) is 5.82 Å². The number of para-hydroxylation sites is 1. The molecule has 5 aromatic rings. The fourth-order valence-electron chi connectivity index (χ4n) is 4.44. The molecule has 7 nitrogen and oxygen atoms in total. The van der Waals surface area contributed by atoms with Gasteiger partial charge in [-0.15, -0.1) is 11.3 Å². The van der Waals surface area contributed by atoms with Crippen molar-refractivity contribution < 1.29 is 14.6 Å². The number of rotatable bonds is 8. The molecule has 1 atom stereocenters. The SMILES string of the molecule is CCOc1ccc(-c2c(C)sc3nc(C)nc(NC(Cc4c[nH]c5ccccc45)C(=O)O)c23)cc1. The fourth-order valence-corrected chi connectivity index (χ4v) is 5.53. The molecule has 178 valence electrons. The lowest BCUT2D eigenvalue weighted by Crippen LogP contribution is -2.32. The Bertz CT molecular complexity index is 1520. The smallest absolute Gasteiger partial charge is 0.326 e. The van der Waals surface area contributed by atoms with Gasteiger partial charge in [0, 0.05) is 34.0 Å². The molecule has 1 unspecified atom stereocenters. The van der Waals surface area contributed by atoms with E-state index in [1.807, 2.05) is 68.6 Å². The standard InChI is InChI=1S/C27H26N4O3S/c1-4-34-19-11-9-17(10-12-19)23-15(2)35-26-24(23)25(29-16(3)30-26)31-22(27(32)33)13-18-14-28-21-8-6-5-7-20(18)21/h5-12,14,22,28H,4,13H2,1-3H3,(H,32,33)(H,29,30,31). The van der Waals surface area contributed by atoms with E-state index >= 15 is 0 Å². The Morgan fingerprint density at radius 2 is 1.91 bits per heavy atom. The number of hydrogen-bond donors (Lipinski definition) is 3. The first-order chi connectivity index (χ1) is 16.9. The quantitative estimate of drug-likeness (QED) is 0.250. The first-order valence-electron chi connectivity index (χ1n) is 11.5. The molecule has 0 saturated heterocycles. The highest BCUT2D eigenvalue weighted by Gasteiger charge is 2.24. The average molecular weight is 487 g/mol. The van der Waals surface area contributed by atoms with E-state index in [1.54, 1.807) is 11.3 Å². The molecule has 3 heterocycles. The van der Waals surface area contributed by atoms with Gasteiger partial charge in [0.2, 0.25) is 0 Å². The van der Waals surface area contributed by atoms with Crippen LogP contribution in [0.15, 0.2) is 54.7 Å². The number of carboxylic acid groups (broad SMARTS) is 1. The molecule has 8 heteroatoms. The monoisotopic (exact) mass is 486 g/mol. The molecular weight excluding hydrogens is 460 g/mol. The number of aliphatic carboxylic acids is 1. The molecule has 0 aliphatic heterocycles. The summed E-state index contributed by atoms with van der Waals surface area (Å²) in [7, 11) is 0. The van der Waals surface area contributed by atoms with Crippen molar-refractivity contribution in [3.63, 3.8) is 0 Å². The van der Waals surface area contributed by atoms with Crippen LogP contribution >= 0.6 is 11.3 Å². The van der Waals surface area contributed by atoms with Crippen molar-refractivity contribution in [2.24, 2.45) is 0 Å². The Kier molecular flexibility index (Phi) is 6.13. The topological polar surface area (TPSA) is 100 Å². The van der Waals surface area contributed by atoms with Gasteiger partial charge in [0.05, 0.1) is 12.0 Å². The minimum absolute atomic E-state index is 0.311. The number of hydrogen-bond acceptors (Lipinski definition) is 6. The molecule has 3 N–H and O–H groups in total. The van der Waals surface area contributed by atoms with Gasteiger partial charge in [-0.25, -0.2) is 14.8 Å². The van der Waals surface area contributed by atoms with Gasteiger partial charge in [0.25, 0.3) is 0 Å². The summed E-state index contributed by atoms with van der Waals surface area (Å²) >= 11 is 1.58. The summed E-state index contributed by atoms with van der Waals surface area (Å²) in [6, 6.07) is 15.0. The summed E-state index contributed by atoms with van der Waals surface area (Å²) in [5.41, 5.74) is 3.94. The second kappa shape index (κ2) is 9.38. The minimum atomic E-state index is -0.936. The summed E-state index contributed by atoms with van der Waals surface area (Å²) in [5, 5.41) is 15.2. The van der Waals surface area contributed by atoms with Crippen molar-refractivity contribution in [2.75, 3.05) is 11.9 Å². The maximum atomic E-state index is 12.3. The molecule has 0 aliphatic rings. The van der Waals surface area contributed by atoms with Crippen molar-refractivity contribution in [1.29, 1.82) is 0 Å². The zero-order chi connectivity index (χ0) is 24.5. The molecule has 0 amide bonds. The number of benzene rings is 2. The van der Waals surface area contributed by atoms with Crippen molar-refractivity contribution in [1.82, 2.24) is 15.0 Å². The van der Waals surface area contributed by atoms with Crippen molar-refractivity contribution in [2.45, 2.75) is 33.2 Å². The van der Waals surface area contributed by atoms with E-state index < -0.39 is 12.0 Å². The molecule has 0 bridgehead atoms. The largest absolute Gasteiger partial charge is 0.494 e. The van der Waals surface area contributed by atoms with E-state index in [1.165, 1.54) is 0 Å². The lowest BCUT2D eigenvalue weighted by atomic mass is 10.0. The number of carboxylic acids is 1. The number of thiophene rings is 1. The van der Waals surface area contributed by atoms with Gasteiger partial charge in [-0.2, -0.15) is 0 Å². The lowest BCUT2D eigenvalue weighted by molar-refractivity contribution is -0.137. The van der Waals surface area contributed by atoms with Crippen LogP contribution in [0.3, 0.4) is 0 Å². The summed E-state index contributed by atoms with van der Waals surface area (Å²) in [4.78, 5) is 26.8. The highest BCUT2D eigenvalue weighted by molar-refractivity contribution is 7.19. The number of aromatic nitrogens is 3. The lowest BCUT2D eigenvalue weighted by Gasteiger charge is -2.17. The average Bonchev–Trinajstić information content (AvgIpc) is 3.39. The van der Waals surface area contributed by atoms with Crippen LogP contribution in [0.1, 0.15) is 23.2 Å². The molecule has 0 spiro atoms. The van der Waals surface area contributed by atoms with Crippen LogP contribution in [0.25, 0.3) is 32.2 Å². The van der Waals surface area contributed by atoms with Gasteiger partial charge in [-0.05, 0) is 50.1 Å². The van der Waals surface area contributed by atoms with Crippen LogP contribution in [-0.2, 0) is 11.2 Å². The predicted molar refractivity (Wildman–Crippen MR) is 141 cm³/mol. The van der Waals surface area contributed by atoms with E-state index in [2.05, 4.69) is 27.2 Å². The van der Waals surface area contributed by atoms with Gasteiger partial charge in [-0.3, -0.25) is 0 Å². The number of nitrogens with zero attached hydrogens (tertiary/aromatic N) is 2. The number of aryl methyl sites for hydroxylation is 2. The molecule has 0 fully saturated rings. The molecule has 0 radical (unpaired) electrons. The maximum Gasteiger partial charge on any atom is 0.326 e. The normalized spacial score (nSPS) is 12.2. The highest BCUT2D eigenvalue weighted by Crippen LogP contribution is 2.41. The number of ether oxygens (including phenoxy) is 1. The molecule has 0 aliphatic carbocycles. The van der Waals surface area contributed by atoms with Gasteiger partial charge >= 0.3 is 5.97 Å². The first-order valence-corrected chi connectivity index (χ1v) is 12.3. The second-order valence-electron chi connectivity index (χ2n) is 8.39. The number of aromatic amines is 1. The third-order valence-electron chi connectivity index (χ3n) is 6.00. The molecule has 0 saturated carbocycles. The van der Waals surface area contributed by atoms with Gasteiger partial charge in [0.1, 0.15) is 28.3 Å². The van der Waals surface area contributed by atoms with Crippen molar-refractivity contribution in [3.8, 4) is 16.9 Å². The van der Waals surface area contributed by atoms with Crippen molar-refractivity contribution >= 4 is 44.2 Å². The van der Waals surface area contributed by atoms with E-state index in [0.717, 1.165) is 48.4 Å². The number of anilines is 1. The third-order valence-corrected chi connectivity index (χ3v) is 7.00.